The predicted molar refractivity (Wildman–Crippen MR) is 82.5 cm³/mol. The zero-order valence-corrected chi connectivity index (χ0v) is 13.6. The summed E-state index contributed by atoms with van der Waals surface area (Å²) in [6.45, 7) is 7.22. The van der Waals surface area contributed by atoms with Gasteiger partial charge in [-0.1, -0.05) is 19.9 Å². The first-order valence-corrected chi connectivity index (χ1v) is 8.81. The molecule has 0 aliphatic heterocycles. The summed E-state index contributed by atoms with van der Waals surface area (Å²) in [5.41, 5.74) is 0.962. The van der Waals surface area contributed by atoms with Crippen LogP contribution in [0.2, 0.25) is 0 Å². The van der Waals surface area contributed by atoms with E-state index in [0.717, 1.165) is 18.5 Å². The molecule has 0 atom stereocenters. The molecule has 0 fully saturated rings. The molecule has 120 valence electrons. The highest BCUT2D eigenvalue weighted by Crippen LogP contribution is 2.06. The highest BCUT2D eigenvalue weighted by Gasteiger charge is 2.14. The molecule has 0 aromatic carbocycles. The van der Waals surface area contributed by atoms with E-state index >= 15 is 0 Å². The van der Waals surface area contributed by atoms with Gasteiger partial charge in [-0.3, -0.25) is 0 Å². The Hall–Kier alpha value is -1.02. The van der Waals surface area contributed by atoms with Gasteiger partial charge in [0, 0.05) is 32.5 Å². The third-order valence-corrected chi connectivity index (χ3v) is 4.13. The molecule has 7 heteroatoms. The maximum atomic E-state index is 12.0. The number of ether oxygens (including phenoxy) is 1. The van der Waals surface area contributed by atoms with Crippen LogP contribution in [0.4, 0.5) is 0 Å². The van der Waals surface area contributed by atoms with Gasteiger partial charge in [0.05, 0.1) is 0 Å². The van der Waals surface area contributed by atoms with Crippen LogP contribution in [0.15, 0.2) is 23.4 Å². The van der Waals surface area contributed by atoms with Crippen LogP contribution in [0.25, 0.3) is 0 Å². The van der Waals surface area contributed by atoms with Gasteiger partial charge in [-0.05, 0) is 31.0 Å². The Morgan fingerprint density at radius 1 is 1.24 bits per heavy atom. The van der Waals surface area contributed by atoms with E-state index in [0.29, 0.717) is 32.7 Å². The quantitative estimate of drug-likeness (QED) is 0.601. The number of nitrogens with one attached hydrogen (secondary N) is 2. The summed E-state index contributed by atoms with van der Waals surface area (Å²) in [5.74, 6) is 0. The van der Waals surface area contributed by atoms with Crippen molar-refractivity contribution in [1.29, 1.82) is 0 Å². The Kier molecular flexibility index (Phi) is 8.44. The summed E-state index contributed by atoms with van der Waals surface area (Å²) >= 11 is 0. The maximum Gasteiger partial charge on any atom is 0.258 e. The van der Waals surface area contributed by atoms with Crippen molar-refractivity contribution in [3.05, 3.63) is 23.9 Å². The van der Waals surface area contributed by atoms with Gasteiger partial charge in [-0.15, -0.1) is 0 Å². The lowest BCUT2D eigenvalue weighted by Gasteiger charge is -2.07. The topological polar surface area (TPSA) is 80.3 Å². The highest BCUT2D eigenvalue weighted by atomic mass is 32.2. The fraction of sp³-hybridized carbons (Fsp3) is 0.643. The molecule has 1 heterocycles. The second-order valence-corrected chi connectivity index (χ2v) is 6.36. The first kappa shape index (κ1) is 18.0. The van der Waals surface area contributed by atoms with Crippen LogP contribution in [0, 0.1) is 0 Å². The molecule has 0 aliphatic rings. The fourth-order valence-corrected chi connectivity index (χ4v) is 2.64. The smallest absolute Gasteiger partial charge is 0.258 e. The highest BCUT2D eigenvalue weighted by molar-refractivity contribution is 7.89. The lowest BCUT2D eigenvalue weighted by Crippen LogP contribution is -2.26. The summed E-state index contributed by atoms with van der Waals surface area (Å²) in [7, 11) is -3.53. The van der Waals surface area contributed by atoms with Gasteiger partial charge in [0.15, 0.2) is 5.03 Å². The number of hydrogen-bond donors (Lipinski definition) is 2. The van der Waals surface area contributed by atoms with Crippen LogP contribution < -0.4 is 10.0 Å². The SMILES string of the molecule is CCCOCCCNS(=O)(=O)c1ccc(CNCC)cn1. The molecular formula is C14H25N3O3S. The Balaban J connectivity index is 2.42. The maximum absolute atomic E-state index is 12.0. The third-order valence-electron chi connectivity index (χ3n) is 2.76. The van der Waals surface area contributed by atoms with Gasteiger partial charge in [-0.2, -0.15) is 0 Å². The van der Waals surface area contributed by atoms with Crippen LogP contribution in [0.1, 0.15) is 32.3 Å². The van der Waals surface area contributed by atoms with Crippen molar-refractivity contribution in [2.75, 3.05) is 26.3 Å². The Bertz CT molecular complexity index is 489. The molecule has 0 amide bonds. The van der Waals surface area contributed by atoms with Crippen molar-refractivity contribution < 1.29 is 13.2 Å². The molecule has 1 rings (SSSR count). The van der Waals surface area contributed by atoms with E-state index < -0.39 is 10.0 Å². The molecule has 0 aliphatic carbocycles. The average Bonchev–Trinajstić information content (AvgIpc) is 2.49. The zero-order chi connectivity index (χ0) is 15.6. The Labute approximate surface area is 127 Å². The average molecular weight is 315 g/mol. The normalized spacial score (nSPS) is 11.7. The number of sulfonamides is 1. The minimum Gasteiger partial charge on any atom is -0.381 e. The Morgan fingerprint density at radius 2 is 2.05 bits per heavy atom. The van der Waals surface area contributed by atoms with Crippen molar-refractivity contribution in [3.63, 3.8) is 0 Å². The van der Waals surface area contributed by atoms with Crippen LogP contribution in [-0.4, -0.2) is 39.7 Å². The molecular weight excluding hydrogens is 290 g/mol. The molecule has 0 saturated carbocycles. The van der Waals surface area contributed by atoms with Gasteiger partial charge in [0.1, 0.15) is 0 Å². The van der Waals surface area contributed by atoms with Crippen LogP contribution in [-0.2, 0) is 21.3 Å². The zero-order valence-electron chi connectivity index (χ0n) is 12.8. The summed E-state index contributed by atoms with van der Waals surface area (Å²) < 4.78 is 31.9. The summed E-state index contributed by atoms with van der Waals surface area (Å²) in [6.07, 6.45) is 3.20. The molecule has 0 radical (unpaired) electrons. The summed E-state index contributed by atoms with van der Waals surface area (Å²) in [4.78, 5) is 4.01. The van der Waals surface area contributed by atoms with Gasteiger partial charge in [0.25, 0.3) is 10.0 Å². The molecule has 2 N–H and O–H groups in total. The molecule has 6 nitrogen and oxygen atoms in total. The van der Waals surface area contributed by atoms with Gasteiger partial charge in [0.2, 0.25) is 0 Å². The number of hydrogen-bond acceptors (Lipinski definition) is 5. The monoisotopic (exact) mass is 315 g/mol. The first-order valence-electron chi connectivity index (χ1n) is 7.33. The first-order chi connectivity index (χ1) is 10.1. The van der Waals surface area contributed by atoms with Crippen molar-refractivity contribution in [1.82, 2.24) is 15.0 Å². The van der Waals surface area contributed by atoms with E-state index in [1.165, 1.54) is 6.07 Å². The van der Waals surface area contributed by atoms with Gasteiger partial charge >= 0.3 is 0 Å². The lowest BCUT2D eigenvalue weighted by molar-refractivity contribution is 0.133. The largest absolute Gasteiger partial charge is 0.381 e. The summed E-state index contributed by atoms with van der Waals surface area (Å²) in [6, 6.07) is 3.30. The standard InChI is InChI=1S/C14H25N3O3S/c1-3-9-20-10-5-8-17-21(18,19)14-7-6-13(12-16-14)11-15-4-2/h6-7,12,15,17H,3-5,8-11H2,1-2H3. The van der Waals surface area contributed by atoms with Crippen molar-refractivity contribution in [3.8, 4) is 0 Å². The molecule has 0 spiro atoms. The Morgan fingerprint density at radius 3 is 2.67 bits per heavy atom. The van der Waals surface area contributed by atoms with E-state index in [1.807, 2.05) is 13.8 Å². The second kappa shape index (κ2) is 9.83. The minimum atomic E-state index is -3.53. The molecule has 0 unspecified atom stereocenters. The molecule has 1 aromatic heterocycles. The van der Waals surface area contributed by atoms with Crippen molar-refractivity contribution in [2.24, 2.45) is 0 Å². The number of nitrogens with zero attached hydrogens (tertiary/aromatic N) is 1. The van der Waals surface area contributed by atoms with Crippen LogP contribution in [0.3, 0.4) is 0 Å². The predicted octanol–water partition coefficient (Wildman–Crippen LogP) is 1.29. The lowest BCUT2D eigenvalue weighted by atomic mass is 10.3. The van der Waals surface area contributed by atoms with E-state index in [-0.39, 0.29) is 5.03 Å². The molecule has 0 bridgehead atoms. The van der Waals surface area contributed by atoms with Crippen molar-refractivity contribution in [2.45, 2.75) is 38.3 Å². The van der Waals surface area contributed by atoms with Gasteiger partial charge in [-0.25, -0.2) is 18.1 Å². The number of aromatic nitrogens is 1. The number of pyridine rings is 1. The molecule has 21 heavy (non-hydrogen) atoms. The minimum absolute atomic E-state index is 0.0530. The van der Waals surface area contributed by atoms with Crippen LogP contribution in [0.5, 0.6) is 0 Å². The third kappa shape index (κ3) is 6.99. The van der Waals surface area contributed by atoms with E-state index in [1.54, 1.807) is 12.3 Å². The van der Waals surface area contributed by atoms with E-state index in [4.69, 9.17) is 4.74 Å². The molecule has 1 aromatic rings. The fourth-order valence-electron chi connectivity index (χ4n) is 1.64. The summed E-state index contributed by atoms with van der Waals surface area (Å²) in [5, 5.41) is 3.22. The number of rotatable bonds is 11. The van der Waals surface area contributed by atoms with E-state index in [9.17, 15) is 8.42 Å². The van der Waals surface area contributed by atoms with E-state index in [2.05, 4.69) is 15.0 Å². The van der Waals surface area contributed by atoms with Crippen molar-refractivity contribution >= 4 is 10.0 Å². The van der Waals surface area contributed by atoms with Gasteiger partial charge < -0.3 is 10.1 Å². The van der Waals surface area contributed by atoms with Crippen LogP contribution >= 0.6 is 0 Å². The molecule has 0 saturated heterocycles. The second-order valence-electron chi connectivity index (χ2n) is 4.65.